The van der Waals surface area contributed by atoms with Crippen LogP contribution in [0.25, 0.3) is 0 Å². The van der Waals surface area contributed by atoms with Crippen molar-refractivity contribution in [2.24, 2.45) is 0 Å². The monoisotopic (exact) mass is 404 g/mol. The lowest BCUT2D eigenvalue weighted by Crippen LogP contribution is -2.59. The molecule has 2 aromatic carbocycles. The van der Waals surface area contributed by atoms with Gasteiger partial charge in [-0.15, -0.1) is 10.3 Å². The van der Waals surface area contributed by atoms with Crippen LogP contribution in [0.3, 0.4) is 0 Å². The number of hydrogen-bond donors (Lipinski definition) is 0. The predicted molar refractivity (Wildman–Crippen MR) is 107 cm³/mol. The third kappa shape index (κ3) is 4.95. The zero-order valence-electron chi connectivity index (χ0n) is 16.7. The molecule has 1 saturated heterocycles. The molecule has 0 spiro atoms. The van der Waals surface area contributed by atoms with E-state index in [1.807, 2.05) is 39.8 Å². The van der Waals surface area contributed by atoms with Crippen molar-refractivity contribution >= 4 is 7.82 Å². The molecule has 1 aliphatic rings. The molecule has 0 atom stereocenters. The van der Waals surface area contributed by atoms with Crippen molar-refractivity contribution < 1.29 is 23.3 Å². The molecule has 2 aromatic rings. The van der Waals surface area contributed by atoms with E-state index in [1.54, 1.807) is 48.5 Å². The van der Waals surface area contributed by atoms with E-state index in [0.717, 1.165) is 5.06 Å². The molecular formula is C21H27NO5P. The number of nitrogens with zero attached hydrogens (tertiary/aromatic N) is 1. The Balaban J connectivity index is 1.85. The Morgan fingerprint density at radius 3 is 1.61 bits per heavy atom. The maximum atomic E-state index is 13.6. The normalized spacial score (nSPS) is 19.9. The highest BCUT2D eigenvalue weighted by atomic mass is 31.2. The number of hydroxylamine groups is 2. The van der Waals surface area contributed by atoms with E-state index >= 15 is 0 Å². The van der Waals surface area contributed by atoms with E-state index in [2.05, 4.69) is 0 Å². The summed E-state index contributed by atoms with van der Waals surface area (Å²) >= 11 is 0. The molecule has 0 aliphatic carbocycles. The van der Waals surface area contributed by atoms with Crippen molar-refractivity contribution in [3.8, 4) is 11.5 Å². The van der Waals surface area contributed by atoms with Gasteiger partial charge in [0.25, 0.3) is 0 Å². The van der Waals surface area contributed by atoms with E-state index in [1.165, 1.54) is 0 Å². The molecule has 7 heteroatoms. The van der Waals surface area contributed by atoms with E-state index < -0.39 is 25.0 Å². The Kier molecular flexibility index (Phi) is 5.87. The molecule has 0 bridgehead atoms. The van der Waals surface area contributed by atoms with Crippen molar-refractivity contribution in [3.05, 3.63) is 60.7 Å². The molecule has 0 unspecified atom stereocenters. The van der Waals surface area contributed by atoms with Crippen molar-refractivity contribution in [2.45, 2.75) is 57.7 Å². The van der Waals surface area contributed by atoms with Gasteiger partial charge in [0.2, 0.25) is 0 Å². The van der Waals surface area contributed by atoms with Gasteiger partial charge in [-0.05, 0) is 64.8 Å². The summed E-state index contributed by atoms with van der Waals surface area (Å²) in [4.78, 5) is 0. The molecule has 3 rings (SSSR count). The summed E-state index contributed by atoms with van der Waals surface area (Å²) in [6.07, 6.45) is 0.383. The van der Waals surface area contributed by atoms with Crippen LogP contribution in [0.4, 0.5) is 0 Å². The van der Waals surface area contributed by atoms with Gasteiger partial charge in [0, 0.05) is 11.1 Å². The number of hydrogen-bond acceptors (Lipinski definition) is 5. The number of para-hydroxylation sites is 2. The average molecular weight is 404 g/mol. The SMILES string of the molecule is CC1(C)CC(OP(=O)(Oc2ccccc2)Oc2ccccc2)CC(C)(C)N1[O]. The summed E-state index contributed by atoms with van der Waals surface area (Å²) in [5.74, 6) is 0.781. The lowest BCUT2D eigenvalue weighted by molar-refractivity contribution is -0.297. The fourth-order valence-electron chi connectivity index (χ4n) is 3.71. The number of phosphoric ester groups is 1. The minimum absolute atomic E-state index is 0.390. The first-order chi connectivity index (χ1) is 13.1. The van der Waals surface area contributed by atoms with Crippen molar-refractivity contribution in [1.82, 2.24) is 5.06 Å². The molecule has 1 aliphatic heterocycles. The number of benzene rings is 2. The van der Waals surface area contributed by atoms with Crippen LogP contribution < -0.4 is 9.05 Å². The quantitative estimate of drug-likeness (QED) is 0.583. The molecule has 151 valence electrons. The van der Waals surface area contributed by atoms with Crippen LogP contribution in [0.15, 0.2) is 60.7 Å². The Morgan fingerprint density at radius 1 is 0.821 bits per heavy atom. The molecule has 28 heavy (non-hydrogen) atoms. The topological polar surface area (TPSA) is 67.9 Å². The van der Waals surface area contributed by atoms with Crippen LogP contribution in [0.1, 0.15) is 40.5 Å². The van der Waals surface area contributed by atoms with Crippen LogP contribution in [0.5, 0.6) is 11.5 Å². The minimum Gasteiger partial charge on any atom is -0.395 e. The number of piperidine rings is 1. The summed E-state index contributed by atoms with van der Waals surface area (Å²) in [7, 11) is -3.98. The summed E-state index contributed by atoms with van der Waals surface area (Å²) in [6, 6.07) is 17.6. The molecule has 1 fully saturated rings. The van der Waals surface area contributed by atoms with Crippen LogP contribution >= 0.6 is 7.82 Å². The molecule has 0 amide bonds. The van der Waals surface area contributed by atoms with Gasteiger partial charge >= 0.3 is 7.82 Å². The van der Waals surface area contributed by atoms with Gasteiger partial charge in [-0.2, -0.15) is 0 Å². The molecule has 0 saturated carbocycles. The maximum absolute atomic E-state index is 13.6. The van der Waals surface area contributed by atoms with E-state index in [4.69, 9.17) is 13.6 Å². The van der Waals surface area contributed by atoms with Crippen LogP contribution in [-0.4, -0.2) is 22.2 Å². The fraction of sp³-hybridized carbons (Fsp3) is 0.429. The van der Waals surface area contributed by atoms with Crippen LogP contribution in [0, 0.1) is 0 Å². The summed E-state index contributed by atoms with van der Waals surface area (Å²) < 4.78 is 30.9. The van der Waals surface area contributed by atoms with Gasteiger partial charge in [0.15, 0.2) is 0 Å². The largest absolute Gasteiger partial charge is 0.587 e. The first-order valence-electron chi connectivity index (χ1n) is 9.35. The zero-order valence-corrected chi connectivity index (χ0v) is 17.6. The Bertz CT molecular complexity index is 762. The molecule has 1 heterocycles. The van der Waals surface area contributed by atoms with Gasteiger partial charge in [-0.1, -0.05) is 36.4 Å². The third-order valence-electron chi connectivity index (χ3n) is 4.75. The van der Waals surface area contributed by atoms with Crippen molar-refractivity contribution in [2.75, 3.05) is 0 Å². The maximum Gasteiger partial charge on any atom is 0.587 e. The van der Waals surface area contributed by atoms with Crippen LogP contribution in [0.2, 0.25) is 0 Å². The van der Waals surface area contributed by atoms with Crippen molar-refractivity contribution in [3.63, 3.8) is 0 Å². The van der Waals surface area contributed by atoms with E-state index in [-0.39, 0.29) is 0 Å². The zero-order chi connectivity index (χ0) is 20.4. The summed E-state index contributed by atoms with van der Waals surface area (Å²) in [5, 5.41) is 13.7. The standard InChI is InChI=1S/C21H27NO5P/c1-20(2)15-19(16-21(3,4)22(20)23)27-28(24,25-17-11-7-5-8-12-17)26-18-13-9-6-10-14-18/h5-14,19H,15-16H2,1-4H3. The highest BCUT2D eigenvalue weighted by Crippen LogP contribution is 2.53. The summed E-state index contributed by atoms with van der Waals surface area (Å²) in [5.41, 5.74) is -1.31. The molecule has 1 radical (unpaired) electrons. The molecular weight excluding hydrogens is 377 g/mol. The van der Waals surface area contributed by atoms with Gasteiger partial charge in [0.1, 0.15) is 11.5 Å². The lowest BCUT2D eigenvalue weighted by Gasteiger charge is -2.49. The number of rotatable bonds is 6. The number of phosphoric acid groups is 1. The highest BCUT2D eigenvalue weighted by molar-refractivity contribution is 7.49. The highest BCUT2D eigenvalue weighted by Gasteiger charge is 2.49. The Labute approximate surface area is 166 Å². The first kappa shape index (κ1) is 20.9. The second-order valence-electron chi connectivity index (χ2n) is 8.31. The average Bonchev–Trinajstić information content (AvgIpc) is 2.60. The van der Waals surface area contributed by atoms with Gasteiger partial charge in [-0.3, -0.25) is 4.52 Å². The van der Waals surface area contributed by atoms with E-state index in [0.29, 0.717) is 24.3 Å². The first-order valence-corrected chi connectivity index (χ1v) is 10.8. The van der Waals surface area contributed by atoms with Gasteiger partial charge in [0.05, 0.1) is 6.10 Å². The van der Waals surface area contributed by atoms with Gasteiger partial charge in [-0.25, -0.2) is 4.57 Å². The Morgan fingerprint density at radius 2 is 1.21 bits per heavy atom. The van der Waals surface area contributed by atoms with Crippen molar-refractivity contribution in [1.29, 1.82) is 0 Å². The van der Waals surface area contributed by atoms with E-state index in [9.17, 15) is 9.77 Å². The van der Waals surface area contributed by atoms with Crippen LogP contribution in [-0.2, 0) is 14.3 Å². The smallest absolute Gasteiger partial charge is 0.395 e. The third-order valence-corrected chi connectivity index (χ3v) is 6.18. The Hall–Kier alpha value is -1.85. The molecule has 0 N–H and O–H groups in total. The second-order valence-corrected chi connectivity index (χ2v) is 9.78. The second kappa shape index (κ2) is 7.88. The molecule has 0 aromatic heterocycles. The van der Waals surface area contributed by atoms with Gasteiger partial charge < -0.3 is 9.05 Å². The predicted octanol–water partition coefficient (Wildman–Crippen LogP) is 5.64. The summed E-state index contributed by atoms with van der Waals surface area (Å²) in [6.45, 7) is 7.44. The minimum atomic E-state index is -3.98. The lowest BCUT2D eigenvalue weighted by atomic mass is 9.80. The fourth-order valence-corrected chi connectivity index (χ4v) is 5.11. The molecule has 6 nitrogen and oxygen atoms in total.